The molecule has 2 atom stereocenters. The highest BCUT2D eigenvalue weighted by Gasteiger charge is 2.30. The molecule has 0 bridgehead atoms. The number of rotatable bonds is 9. The summed E-state index contributed by atoms with van der Waals surface area (Å²) in [5.41, 5.74) is 0.312. The van der Waals surface area contributed by atoms with E-state index in [4.69, 9.17) is 14.6 Å². The first-order valence-corrected chi connectivity index (χ1v) is 11.9. The molecule has 1 aliphatic rings. The maximum absolute atomic E-state index is 13.0. The van der Waals surface area contributed by atoms with Gasteiger partial charge in [-0.15, -0.1) is 0 Å². The van der Waals surface area contributed by atoms with E-state index in [1.165, 1.54) is 0 Å². The van der Waals surface area contributed by atoms with Crippen molar-refractivity contribution in [1.29, 1.82) is 0 Å². The van der Waals surface area contributed by atoms with E-state index in [1.807, 2.05) is 42.5 Å². The van der Waals surface area contributed by atoms with Gasteiger partial charge < -0.3 is 25.2 Å². The predicted molar refractivity (Wildman–Crippen MR) is 129 cm³/mol. The van der Waals surface area contributed by atoms with Crippen molar-refractivity contribution in [1.82, 2.24) is 10.6 Å². The van der Waals surface area contributed by atoms with E-state index in [-0.39, 0.29) is 49.9 Å². The summed E-state index contributed by atoms with van der Waals surface area (Å²) in [5, 5.41) is 14.4. The van der Waals surface area contributed by atoms with Crippen LogP contribution in [0.25, 0.3) is 0 Å². The zero-order valence-electron chi connectivity index (χ0n) is 20.3. The molecule has 0 radical (unpaired) electrons. The molecule has 1 aromatic carbocycles. The van der Waals surface area contributed by atoms with E-state index in [0.29, 0.717) is 38.8 Å². The Morgan fingerprint density at radius 2 is 1.94 bits per heavy atom. The number of nitrogens with one attached hydrogen (secondary N) is 2. The van der Waals surface area contributed by atoms with Crippen molar-refractivity contribution >= 4 is 17.8 Å². The number of aliphatic hydroxyl groups is 1. The minimum absolute atomic E-state index is 0.0443. The largest absolute Gasteiger partial charge is 0.463 e. The summed E-state index contributed by atoms with van der Waals surface area (Å²) in [6.07, 6.45) is 6.28. The summed E-state index contributed by atoms with van der Waals surface area (Å²) >= 11 is 0. The Morgan fingerprint density at radius 3 is 2.68 bits per heavy atom. The van der Waals surface area contributed by atoms with Crippen LogP contribution in [-0.4, -0.2) is 61.4 Å². The molecule has 1 aliphatic heterocycles. The molecule has 1 aromatic rings. The Kier molecular flexibility index (Phi) is 11.8. The molecule has 3 N–H and O–H groups in total. The van der Waals surface area contributed by atoms with Crippen LogP contribution in [-0.2, 0) is 30.3 Å². The second-order valence-electron chi connectivity index (χ2n) is 9.24. The molecule has 188 valence electrons. The van der Waals surface area contributed by atoms with Gasteiger partial charge in [-0.05, 0) is 45.1 Å². The average Bonchev–Trinajstić information content (AvgIpc) is 2.81. The number of amides is 2. The third kappa shape index (κ3) is 10.5. The molecule has 8 nitrogen and oxygen atoms in total. The number of hydrogen-bond acceptors (Lipinski definition) is 6. The van der Waals surface area contributed by atoms with E-state index in [9.17, 15) is 14.4 Å². The molecule has 0 saturated carbocycles. The summed E-state index contributed by atoms with van der Waals surface area (Å²) < 4.78 is 10.8. The molecule has 2 amide bonds. The van der Waals surface area contributed by atoms with E-state index < -0.39 is 11.5 Å². The molecule has 0 fully saturated rings. The van der Waals surface area contributed by atoms with E-state index in [1.54, 1.807) is 13.8 Å². The molecule has 34 heavy (non-hydrogen) atoms. The van der Waals surface area contributed by atoms with Gasteiger partial charge in [0.15, 0.2) is 0 Å². The van der Waals surface area contributed by atoms with Crippen molar-refractivity contribution < 1.29 is 29.0 Å². The second-order valence-corrected chi connectivity index (χ2v) is 9.24. The van der Waals surface area contributed by atoms with Crippen molar-refractivity contribution in [3.8, 4) is 0 Å². The second kappa shape index (κ2) is 14.5. The predicted octanol–water partition coefficient (Wildman–Crippen LogP) is 2.15. The number of carbonyl (C=O) groups excluding carboxylic acids is 3. The fourth-order valence-corrected chi connectivity index (χ4v) is 3.73. The van der Waals surface area contributed by atoms with Gasteiger partial charge in [0.05, 0.1) is 37.2 Å². The smallest absolute Gasteiger partial charge is 0.309 e. The Morgan fingerprint density at radius 1 is 1.18 bits per heavy atom. The fourth-order valence-electron chi connectivity index (χ4n) is 3.73. The molecular weight excluding hydrogens is 436 g/mol. The molecule has 2 rings (SSSR count). The fraction of sp³-hybridized carbons (Fsp3) is 0.577. The molecule has 0 unspecified atom stereocenters. The number of cyclic esters (lactones) is 1. The highest BCUT2D eigenvalue weighted by molar-refractivity contribution is 5.86. The Hall–Kier alpha value is -2.71. The topological polar surface area (TPSA) is 114 Å². The number of esters is 1. The van der Waals surface area contributed by atoms with E-state index >= 15 is 0 Å². The Balaban J connectivity index is 2.01. The molecule has 8 heteroatoms. The lowest BCUT2D eigenvalue weighted by Crippen LogP contribution is -2.50. The molecule has 0 spiro atoms. The van der Waals surface area contributed by atoms with Crippen LogP contribution < -0.4 is 10.6 Å². The van der Waals surface area contributed by atoms with Crippen LogP contribution in [0.5, 0.6) is 0 Å². The lowest BCUT2D eigenvalue weighted by atomic mass is 9.94. The van der Waals surface area contributed by atoms with Crippen LogP contribution in [0.2, 0.25) is 0 Å². The van der Waals surface area contributed by atoms with Crippen molar-refractivity contribution in [2.24, 2.45) is 11.8 Å². The van der Waals surface area contributed by atoms with Crippen molar-refractivity contribution in [2.45, 2.75) is 51.5 Å². The van der Waals surface area contributed by atoms with E-state index in [0.717, 1.165) is 5.56 Å². The minimum Gasteiger partial charge on any atom is -0.463 e. The van der Waals surface area contributed by atoms with Crippen molar-refractivity contribution in [3.63, 3.8) is 0 Å². The first-order chi connectivity index (χ1) is 16.3. The Bertz CT molecular complexity index is 809. The van der Waals surface area contributed by atoms with Gasteiger partial charge in [0.1, 0.15) is 6.61 Å². The van der Waals surface area contributed by atoms with Gasteiger partial charge in [-0.25, -0.2) is 0 Å². The quantitative estimate of drug-likeness (QED) is 0.287. The zero-order chi connectivity index (χ0) is 24.8. The standard InChI is InChI=1S/C26H38N2O6/c1-26(2)19-34-25(32)22(17-20-9-5-3-6-10-20)12-8-4-7-11-21(24(31)28-26)18-23(30)27-13-15-33-16-14-29/h3-7,9-10,21-22,29H,8,11-19H2,1-2H3,(H,27,30)(H,28,31)/t21-,22-/m1/s1. The summed E-state index contributed by atoms with van der Waals surface area (Å²) in [7, 11) is 0. The summed E-state index contributed by atoms with van der Waals surface area (Å²) in [4.78, 5) is 38.1. The lowest BCUT2D eigenvalue weighted by Gasteiger charge is -2.28. The third-order valence-electron chi connectivity index (χ3n) is 5.57. The maximum atomic E-state index is 13.0. The number of benzene rings is 1. The summed E-state index contributed by atoms with van der Waals surface area (Å²) in [6, 6.07) is 9.86. The molecule has 0 saturated heterocycles. The third-order valence-corrected chi connectivity index (χ3v) is 5.57. The number of hydrogen-bond donors (Lipinski definition) is 3. The van der Waals surface area contributed by atoms with Gasteiger partial charge in [-0.1, -0.05) is 42.5 Å². The van der Waals surface area contributed by atoms with Gasteiger partial charge in [-0.3, -0.25) is 14.4 Å². The minimum atomic E-state index is -0.769. The van der Waals surface area contributed by atoms with Gasteiger partial charge in [0.2, 0.25) is 11.8 Å². The van der Waals surface area contributed by atoms with Crippen LogP contribution in [0.15, 0.2) is 42.5 Å². The van der Waals surface area contributed by atoms with Gasteiger partial charge in [0.25, 0.3) is 0 Å². The van der Waals surface area contributed by atoms with Crippen molar-refractivity contribution in [3.05, 3.63) is 48.0 Å². The van der Waals surface area contributed by atoms with Crippen LogP contribution in [0.4, 0.5) is 0 Å². The first-order valence-electron chi connectivity index (χ1n) is 11.9. The Labute approximate surface area is 202 Å². The highest BCUT2D eigenvalue weighted by Crippen LogP contribution is 2.20. The number of carbonyl (C=O) groups is 3. The number of aliphatic hydroxyl groups excluding tert-OH is 1. The van der Waals surface area contributed by atoms with Crippen LogP contribution in [0.1, 0.15) is 45.1 Å². The monoisotopic (exact) mass is 474 g/mol. The van der Waals surface area contributed by atoms with Crippen LogP contribution in [0.3, 0.4) is 0 Å². The lowest BCUT2D eigenvalue weighted by molar-refractivity contribution is -0.151. The highest BCUT2D eigenvalue weighted by atomic mass is 16.5. The summed E-state index contributed by atoms with van der Waals surface area (Å²) in [5.74, 6) is -1.56. The van der Waals surface area contributed by atoms with Crippen LogP contribution >= 0.6 is 0 Å². The van der Waals surface area contributed by atoms with Crippen molar-refractivity contribution in [2.75, 3.05) is 33.0 Å². The SMILES string of the molecule is CC1(C)COC(=O)[C@@H](Cc2ccccc2)CCC=CC[C@H](CC(=O)NCCOCCO)C(=O)N1. The maximum Gasteiger partial charge on any atom is 0.309 e. The van der Waals surface area contributed by atoms with Crippen LogP contribution in [0, 0.1) is 11.8 Å². The van der Waals surface area contributed by atoms with Gasteiger partial charge >= 0.3 is 5.97 Å². The van der Waals surface area contributed by atoms with Gasteiger partial charge in [-0.2, -0.15) is 0 Å². The number of ether oxygens (including phenoxy) is 2. The molecule has 0 aromatic heterocycles. The van der Waals surface area contributed by atoms with Gasteiger partial charge in [0, 0.05) is 13.0 Å². The summed E-state index contributed by atoms with van der Waals surface area (Å²) in [6.45, 7) is 4.42. The average molecular weight is 475 g/mol. The molecule has 1 heterocycles. The van der Waals surface area contributed by atoms with E-state index in [2.05, 4.69) is 10.6 Å². The molecular formula is C26H38N2O6. The first kappa shape index (κ1) is 27.5. The zero-order valence-corrected chi connectivity index (χ0v) is 20.3. The normalized spacial score (nSPS) is 21.4. The number of allylic oxidation sites excluding steroid dienone is 2. The molecule has 0 aliphatic carbocycles.